The maximum atomic E-state index is 11.4. The molecule has 1 aromatic rings. The topological polar surface area (TPSA) is 78.2 Å². The molecule has 0 spiro atoms. The van der Waals surface area contributed by atoms with Crippen LogP contribution in [-0.4, -0.2) is 42.2 Å². The molecule has 2 rings (SSSR count). The molecule has 0 radical (unpaired) electrons. The van der Waals surface area contributed by atoms with Crippen LogP contribution in [0.2, 0.25) is 5.02 Å². The van der Waals surface area contributed by atoms with Gasteiger partial charge in [0.2, 0.25) is 0 Å². The molecule has 2 heterocycles. The number of rotatable bonds is 2. The zero-order chi connectivity index (χ0) is 14.5. The molecular formula is C13H15ClN4O2. The first-order valence-corrected chi connectivity index (χ1v) is 6.68. The van der Waals surface area contributed by atoms with Crippen molar-refractivity contribution in [2.75, 3.05) is 25.5 Å². The van der Waals surface area contributed by atoms with Gasteiger partial charge in [0, 0.05) is 19.1 Å². The molecule has 1 N–H and O–H groups in total. The van der Waals surface area contributed by atoms with Gasteiger partial charge >= 0.3 is 6.09 Å². The van der Waals surface area contributed by atoms with Crippen LogP contribution in [0.15, 0.2) is 12.1 Å². The second-order valence-corrected chi connectivity index (χ2v) is 4.92. The summed E-state index contributed by atoms with van der Waals surface area (Å²) in [6.45, 7) is 1.28. The van der Waals surface area contributed by atoms with Crippen LogP contribution in [0.1, 0.15) is 18.5 Å². The van der Waals surface area contributed by atoms with Gasteiger partial charge < -0.3 is 15.0 Å². The smallest absolute Gasteiger partial charge is 0.409 e. The highest BCUT2D eigenvalue weighted by molar-refractivity contribution is 6.31. The Balaban J connectivity index is 1.93. The third-order valence-electron chi connectivity index (χ3n) is 3.23. The predicted molar refractivity (Wildman–Crippen MR) is 74.6 cm³/mol. The van der Waals surface area contributed by atoms with E-state index in [4.69, 9.17) is 21.6 Å². The highest BCUT2D eigenvalue weighted by Gasteiger charge is 2.23. The van der Waals surface area contributed by atoms with Gasteiger partial charge in [-0.15, -0.1) is 0 Å². The lowest BCUT2D eigenvalue weighted by atomic mass is 10.1. The number of anilines is 1. The molecule has 20 heavy (non-hydrogen) atoms. The number of nitrogens with one attached hydrogen (secondary N) is 1. The van der Waals surface area contributed by atoms with Gasteiger partial charge in [-0.25, -0.2) is 9.78 Å². The van der Waals surface area contributed by atoms with E-state index < -0.39 is 0 Å². The zero-order valence-corrected chi connectivity index (χ0v) is 11.9. The molecule has 0 saturated carbocycles. The van der Waals surface area contributed by atoms with Crippen LogP contribution >= 0.6 is 11.6 Å². The molecule has 1 amide bonds. The Morgan fingerprint density at radius 2 is 2.25 bits per heavy atom. The van der Waals surface area contributed by atoms with Crippen LogP contribution in [0.3, 0.4) is 0 Å². The third kappa shape index (κ3) is 3.31. The number of halogens is 1. The number of hydrogen-bond donors (Lipinski definition) is 1. The summed E-state index contributed by atoms with van der Waals surface area (Å²) in [5, 5.41) is 12.5. The first kappa shape index (κ1) is 14.4. The minimum Gasteiger partial charge on any atom is -0.453 e. The lowest BCUT2D eigenvalue weighted by molar-refractivity contribution is 0.113. The SMILES string of the molecule is COC(=O)N1CCC(Nc2ccc(Cl)c(C#N)n2)CC1. The molecule has 6 nitrogen and oxygen atoms in total. The summed E-state index contributed by atoms with van der Waals surface area (Å²) in [7, 11) is 1.38. The van der Waals surface area contributed by atoms with Crippen LogP contribution in [-0.2, 0) is 4.74 Å². The summed E-state index contributed by atoms with van der Waals surface area (Å²) in [6, 6.07) is 5.57. The van der Waals surface area contributed by atoms with Crippen LogP contribution in [0.5, 0.6) is 0 Å². The quantitative estimate of drug-likeness (QED) is 0.905. The molecule has 1 aliphatic heterocycles. The number of pyridine rings is 1. The monoisotopic (exact) mass is 294 g/mol. The summed E-state index contributed by atoms with van der Waals surface area (Å²) in [6.07, 6.45) is 1.32. The number of nitrogens with zero attached hydrogens (tertiary/aromatic N) is 3. The van der Waals surface area contributed by atoms with Crippen molar-refractivity contribution in [3.05, 3.63) is 22.8 Å². The first-order valence-electron chi connectivity index (χ1n) is 6.30. The molecule has 7 heteroatoms. The van der Waals surface area contributed by atoms with E-state index in [1.165, 1.54) is 7.11 Å². The Morgan fingerprint density at radius 1 is 1.55 bits per heavy atom. The van der Waals surface area contributed by atoms with Crippen molar-refractivity contribution in [1.29, 1.82) is 5.26 Å². The molecule has 0 atom stereocenters. The van der Waals surface area contributed by atoms with Crippen LogP contribution in [0, 0.1) is 11.3 Å². The number of methoxy groups -OCH3 is 1. The van der Waals surface area contributed by atoms with Gasteiger partial charge in [0.25, 0.3) is 0 Å². The number of likely N-dealkylation sites (tertiary alicyclic amines) is 1. The van der Waals surface area contributed by atoms with Crippen molar-refractivity contribution in [3.8, 4) is 6.07 Å². The molecule has 0 aromatic carbocycles. The normalized spacial score (nSPS) is 15.6. The minimum atomic E-state index is -0.292. The number of carbonyl (C=O) groups excluding carboxylic acids is 1. The van der Waals surface area contributed by atoms with Crippen molar-refractivity contribution in [2.24, 2.45) is 0 Å². The molecule has 0 bridgehead atoms. The largest absolute Gasteiger partial charge is 0.453 e. The summed E-state index contributed by atoms with van der Waals surface area (Å²) >= 11 is 5.84. The first-order chi connectivity index (χ1) is 9.63. The maximum Gasteiger partial charge on any atom is 0.409 e. The second-order valence-electron chi connectivity index (χ2n) is 4.51. The van der Waals surface area contributed by atoms with Gasteiger partial charge in [0.05, 0.1) is 12.1 Å². The fourth-order valence-corrected chi connectivity index (χ4v) is 2.29. The fourth-order valence-electron chi connectivity index (χ4n) is 2.15. The fraction of sp³-hybridized carbons (Fsp3) is 0.462. The second kappa shape index (κ2) is 6.44. The van der Waals surface area contributed by atoms with Gasteiger partial charge in [0.15, 0.2) is 5.69 Å². The molecular weight excluding hydrogens is 280 g/mol. The Morgan fingerprint density at radius 3 is 2.85 bits per heavy atom. The zero-order valence-electron chi connectivity index (χ0n) is 11.1. The highest BCUT2D eigenvalue weighted by Crippen LogP contribution is 2.19. The van der Waals surface area contributed by atoms with E-state index in [1.54, 1.807) is 17.0 Å². The number of carbonyl (C=O) groups is 1. The number of piperidine rings is 1. The Hall–Kier alpha value is -2.00. The Labute approximate surface area is 122 Å². The van der Waals surface area contributed by atoms with Crippen molar-refractivity contribution in [3.63, 3.8) is 0 Å². The minimum absolute atomic E-state index is 0.212. The molecule has 0 unspecified atom stereocenters. The van der Waals surface area contributed by atoms with E-state index in [0.29, 0.717) is 23.9 Å². The van der Waals surface area contributed by atoms with Crippen LogP contribution in [0.4, 0.5) is 10.6 Å². The molecule has 1 fully saturated rings. The van der Waals surface area contributed by atoms with Crippen LogP contribution < -0.4 is 5.32 Å². The van der Waals surface area contributed by atoms with Crippen molar-refractivity contribution in [2.45, 2.75) is 18.9 Å². The van der Waals surface area contributed by atoms with Crippen LogP contribution in [0.25, 0.3) is 0 Å². The number of amides is 1. The van der Waals surface area contributed by atoms with Gasteiger partial charge in [-0.1, -0.05) is 11.6 Å². The van der Waals surface area contributed by atoms with Crippen molar-refractivity contribution in [1.82, 2.24) is 9.88 Å². The highest BCUT2D eigenvalue weighted by atomic mass is 35.5. The standard InChI is InChI=1S/C13H15ClN4O2/c1-20-13(19)18-6-4-9(5-7-18)16-12-3-2-10(14)11(8-15)17-12/h2-3,9H,4-7H2,1H3,(H,16,17). The number of nitriles is 1. The average molecular weight is 295 g/mol. The lowest BCUT2D eigenvalue weighted by Crippen LogP contribution is -2.42. The lowest BCUT2D eigenvalue weighted by Gasteiger charge is -2.31. The van der Waals surface area contributed by atoms with Gasteiger partial charge in [-0.3, -0.25) is 0 Å². The average Bonchev–Trinajstić information content (AvgIpc) is 2.49. The molecule has 106 valence electrons. The molecule has 1 aliphatic rings. The van der Waals surface area contributed by atoms with E-state index in [2.05, 4.69) is 10.3 Å². The summed E-state index contributed by atoms with van der Waals surface area (Å²) < 4.78 is 4.69. The van der Waals surface area contributed by atoms with Gasteiger partial charge in [-0.2, -0.15) is 5.26 Å². The summed E-state index contributed by atoms with van der Waals surface area (Å²) in [5.41, 5.74) is 0.212. The van der Waals surface area contributed by atoms with Gasteiger partial charge in [0.1, 0.15) is 11.9 Å². The van der Waals surface area contributed by atoms with Crippen molar-refractivity contribution < 1.29 is 9.53 Å². The van der Waals surface area contributed by atoms with E-state index in [1.807, 2.05) is 6.07 Å². The third-order valence-corrected chi connectivity index (χ3v) is 3.54. The van der Waals surface area contributed by atoms with E-state index in [-0.39, 0.29) is 17.8 Å². The predicted octanol–water partition coefficient (Wildman–Crippen LogP) is 2.25. The summed E-state index contributed by atoms with van der Waals surface area (Å²) in [5.74, 6) is 0.627. The number of ether oxygens (including phenoxy) is 1. The van der Waals surface area contributed by atoms with E-state index in [0.717, 1.165) is 12.8 Å². The van der Waals surface area contributed by atoms with Gasteiger partial charge in [-0.05, 0) is 25.0 Å². The Bertz CT molecular complexity index is 536. The summed E-state index contributed by atoms with van der Waals surface area (Å²) in [4.78, 5) is 17.2. The number of aromatic nitrogens is 1. The molecule has 0 aliphatic carbocycles. The number of hydrogen-bond acceptors (Lipinski definition) is 5. The maximum absolute atomic E-state index is 11.4. The molecule has 1 saturated heterocycles. The Kier molecular flexibility index (Phi) is 4.64. The van der Waals surface area contributed by atoms with E-state index in [9.17, 15) is 4.79 Å². The van der Waals surface area contributed by atoms with Crippen molar-refractivity contribution >= 4 is 23.5 Å². The van der Waals surface area contributed by atoms with E-state index >= 15 is 0 Å². The molecule has 1 aromatic heterocycles.